The molecule has 0 aliphatic carbocycles. The molecule has 0 aromatic carbocycles. The van der Waals surface area contributed by atoms with Crippen molar-refractivity contribution in [3.63, 3.8) is 0 Å². The molecule has 8 heteroatoms. The fourth-order valence-electron chi connectivity index (χ4n) is 1.82. The maximum Gasteiger partial charge on any atom is 0.288 e. The van der Waals surface area contributed by atoms with Crippen LogP contribution in [0.4, 0.5) is 11.5 Å². The van der Waals surface area contributed by atoms with Crippen LogP contribution < -0.4 is 5.73 Å². The van der Waals surface area contributed by atoms with Gasteiger partial charge in [-0.25, -0.2) is 4.98 Å². The van der Waals surface area contributed by atoms with E-state index in [0.717, 1.165) is 12.3 Å². The highest BCUT2D eigenvalue weighted by Crippen LogP contribution is 2.19. The van der Waals surface area contributed by atoms with E-state index < -0.39 is 4.92 Å². The second kappa shape index (κ2) is 7.53. The Morgan fingerprint density at radius 3 is 2.76 bits per heavy atom. The maximum atomic E-state index is 12.5. The number of nitro groups is 1. The molecule has 1 aromatic rings. The fourth-order valence-corrected chi connectivity index (χ4v) is 1.82. The lowest BCUT2D eigenvalue weighted by Crippen LogP contribution is -2.37. The van der Waals surface area contributed by atoms with Crippen LogP contribution in [0.25, 0.3) is 0 Å². The molecule has 0 aliphatic rings. The molecule has 0 unspecified atom stereocenters. The molecular formula is C13H20N4O4. The summed E-state index contributed by atoms with van der Waals surface area (Å²) in [5, 5.41) is 10.8. The molecule has 8 nitrogen and oxygen atoms in total. The summed E-state index contributed by atoms with van der Waals surface area (Å²) in [5.74, 6) is -0.148. The Labute approximate surface area is 123 Å². The van der Waals surface area contributed by atoms with Crippen LogP contribution in [0.15, 0.2) is 12.3 Å². The summed E-state index contributed by atoms with van der Waals surface area (Å²) in [4.78, 5) is 28.0. The predicted molar refractivity (Wildman–Crippen MR) is 77.9 cm³/mol. The van der Waals surface area contributed by atoms with Crippen molar-refractivity contribution < 1.29 is 14.5 Å². The minimum Gasteiger partial charge on any atom is -0.383 e. The summed E-state index contributed by atoms with van der Waals surface area (Å²) in [6, 6.07) is 1.16. The van der Waals surface area contributed by atoms with E-state index in [1.165, 1.54) is 0 Å². The molecule has 2 N–H and O–H groups in total. The molecule has 0 atom stereocenters. The van der Waals surface area contributed by atoms with Gasteiger partial charge in [0.2, 0.25) is 0 Å². The molecule has 116 valence electrons. The number of nitrogen functional groups attached to an aromatic ring is 1. The number of pyridine rings is 1. The monoisotopic (exact) mass is 296 g/mol. The third-order valence-corrected chi connectivity index (χ3v) is 2.78. The van der Waals surface area contributed by atoms with E-state index >= 15 is 0 Å². The van der Waals surface area contributed by atoms with Crippen LogP contribution in [-0.2, 0) is 4.74 Å². The summed E-state index contributed by atoms with van der Waals surface area (Å²) in [6.07, 6.45) is 1.04. The zero-order chi connectivity index (χ0) is 16.0. The highest BCUT2D eigenvalue weighted by Gasteiger charge is 2.22. The average Bonchev–Trinajstić information content (AvgIpc) is 2.42. The second-order valence-electron chi connectivity index (χ2n) is 5.02. The van der Waals surface area contributed by atoms with Gasteiger partial charge in [0, 0.05) is 26.3 Å². The van der Waals surface area contributed by atoms with Crippen LogP contribution in [0, 0.1) is 16.0 Å². The van der Waals surface area contributed by atoms with Crippen LogP contribution in [0.2, 0.25) is 0 Å². The van der Waals surface area contributed by atoms with Gasteiger partial charge in [-0.15, -0.1) is 0 Å². The number of hydrogen-bond donors (Lipinski definition) is 1. The first-order chi connectivity index (χ1) is 9.86. The Balaban J connectivity index is 3.06. The quantitative estimate of drug-likeness (QED) is 0.600. The van der Waals surface area contributed by atoms with Gasteiger partial charge in [-0.1, -0.05) is 13.8 Å². The minimum absolute atomic E-state index is 0.0169. The van der Waals surface area contributed by atoms with Gasteiger partial charge in [0.25, 0.3) is 11.6 Å². The van der Waals surface area contributed by atoms with Gasteiger partial charge in [-0.3, -0.25) is 14.9 Å². The van der Waals surface area contributed by atoms with Crippen molar-refractivity contribution in [2.45, 2.75) is 13.8 Å². The zero-order valence-corrected chi connectivity index (χ0v) is 12.4. The molecular weight excluding hydrogens is 276 g/mol. The Bertz CT molecular complexity index is 519. The third kappa shape index (κ3) is 4.67. The van der Waals surface area contributed by atoms with Crippen molar-refractivity contribution in [2.75, 3.05) is 32.5 Å². The van der Waals surface area contributed by atoms with Gasteiger partial charge in [0.1, 0.15) is 12.0 Å². The Kier molecular flexibility index (Phi) is 6.04. The normalized spacial score (nSPS) is 10.7. The van der Waals surface area contributed by atoms with Crippen LogP contribution in [0.3, 0.4) is 0 Å². The largest absolute Gasteiger partial charge is 0.383 e. The molecule has 0 spiro atoms. The van der Waals surface area contributed by atoms with Crippen LogP contribution in [0.5, 0.6) is 0 Å². The third-order valence-electron chi connectivity index (χ3n) is 2.78. The average molecular weight is 296 g/mol. The fraction of sp³-hybridized carbons (Fsp3) is 0.538. The molecule has 0 aliphatic heterocycles. The van der Waals surface area contributed by atoms with Crippen molar-refractivity contribution in [3.8, 4) is 0 Å². The first-order valence-corrected chi connectivity index (χ1v) is 6.55. The number of hydrogen-bond acceptors (Lipinski definition) is 6. The number of carbonyl (C=O) groups is 1. The van der Waals surface area contributed by atoms with E-state index in [0.29, 0.717) is 19.7 Å². The molecule has 1 amide bonds. The Hall–Kier alpha value is -2.22. The molecule has 0 bridgehead atoms. The number of rotatable bonds is 7. The maximum absolute atomic E-state index is 12.5. The van der Waals surface area contributed by atoms with Gasteiger partial charge in [-0.2, -0.15) is 0 Å². The Morgan fingerprint density at radius 2 is 2.24 bits per heavy atom. The lowest BCUT2D eigenvalue weighted by molar-refractivity contribution is -0.385. The summed E-state index contributed by atoms with van der Waals surface area (Å²) in [7, 11) is 1.54. The lowest BCUT2D eigenvalue weighted by atomic mass is 10.1. The highest BCUT2D eigenvalue weighted by atomic mass is 16.6. The molecule has 0 saturated carbocycles. The van der Waals surface area contributed by atoms with Crippen LogP contribution in [0.1, 0.15) is 24.2 Å². The summed E-state index contributed by atoms with van der Waals surface area (Å²) < 4.78 is 4.98. The summed E-state index contributed by atoms with van der Waals surface area (Å²) in [5.41, 5.74) is 5.46. The molecule has 0 fully saturated rings. The summed E-state index contributed by atoms with van der Waals surface area (Å²) in [6.45, 7) is 5.21. The van der Waals surface area contributed by atoms with Gasteiger partial charge in [0.05, 0.1) is 17.1 Å². The molecule has 21 heavy (non-hydrogen) atoms. The van der Waals surface area contributed by atoms with Crippen molar-refractivity contribution in [1.29, 1.82) is 0 Å². The number of nitrogens with zero attached hydrogens (tertiary/aromatic N) is 3. The zero-order valence-electron chi connectivity index (χ0n) is 12.4. The molecule has 0 radical (unpaired) electrons. The molecule has 1 aromatic heterocycles. The van der Waals surface area contributed by atoms with Crippen LogP contribution in [-0.4, -0.2) is 47.5 Å². The smallest absolute Gasteiger partial charge is 0.288 e. The molecule has 1 rings (SSSR count). The lowest BCUT2D eigenvalue weighted by Gasteiger charge is -2.24. The molecule has 0 saturated heterocycles. The van der Waals surface area contributed by atoms with Gasteiger partial charge < -0.3 is 15.4 Å². The van der Waals surface area contributed by atoms with E-state index in [1.807, 2.05) is 13.8 Å². The second-order valence-corrected chi connectivity index (χ2v) is 5.02. The number of amides is 1. The first kappa shape index (κ1) is 16.8. The van der Waals surface area contributed by atoms with Gasteiger partial charge >= 0.3 is 0 Å². The van der Waals surface area contributed by atoms with Crippen molar-refractivity contribution in [2.24, 2.45) is 5.92 Å². The van der Waals surface area contributed by atoms with Crippen molar-refractivity contribution in [1.82, 2.24) is 9.88 Å². The number of ether oxygens (including phenoxy) is 1. The number of anilines is 1. The van der Waals surface area contributed by atoms with E-state index in [4.69, 9.17) is 10.5 Å². The predicted octanol–water partition coefficient (Wildman–Crippen LogP) is 1.32. The van der Waals surface area contributed by atoms with Gasteiger partial charge in [0.15, 0.2) is 0 Å². The van der Waals surface area contributed by atoms with E-state index in [9.17, 15) is 14.9 Å². The minimum atomic E-state index is -0.606. The van der Waals surface area contributed by atoms with Crippen LogP contribution >= 0.6 is 0 Å². The number of aromatic nitrogens is 1. The SMILES string of the molecule is COCCN(CC(C)C)C(=O)c1cc([N+](=O)[O-])cnc1N. The first-order valence-electron chi connectivity index (χ1n) is 6.55. The number of carbonyl (C=O) groups excluding carboxylic acids is 1. The van der Waals surface area contributed by atoms with Crippen molar-refractivity contribution in [3.05, 3.63) is 27.9 Å². The Morgan fingerprint density at radius 1 is 1.57 bits per heavy atom. The highest BCUT2D eigenvalue weighted by molar-refractivity contribution is 5.98. The van der Waals surface area contributed by atoms with E-state index in [2.05, 4.69) is 4.98 Å². The number of nitrogens with two attached hydrogens (primary N) is 1. The molecule has 1 heterocycles. The van der Waals surface area contributed by atoms with Crippen molar-refractivity contribution >= 4 is 17.4 Å². The van der Waals surface area contributed by atoms with E-state index in [-0.39, 0.29) is 28.9 Å². The summed E-state index contributed by atoms with van der Waals surface area (Å²) >= 11 is 0. The van der Waals surface area contributed by atoms with E-state index in [1.54, 1.807) is 12.0 Å². The number of methoxy groups -OCH3 is 1. The van der Waals surface area contributed by atoms with Gasteiger partial charge in [-0.05, 0) is 5.92 Å². The topological polar surface area (TPSA) is 112 Å². The standard InChI is InChI=1S/C13H20N4O4/c1-9(2)8-16(4-5-21-3)13(18)11-6-10(17(19)20)7-15-12(11)14/h6-7,9H,4-5,8H2,1-3H3,(H2,14,15).